The number of ether oxygens (including phenoxy) is 2. The van der Waals surface area contributed by atoms with Crippen LogP contribution in [0.1, 0.15) is 11.1 Å². The molecule has 2 rings (SSSR count). The summed E-state index contributed by atoms with van der Waals surface area (Å²) in [6, 6.07) is 12.3. The molecule has 0 spiro atoms. The third-order valence-corrected chi connectivity index (χ3v) is 4.16. The van der Waals surface area contributed by atoms with Gasteiger partial charge in [0.1, 0.15) is 17.4 Å². The van der Waals surface area contributed by atoms with Gasteiger partial charge in [-0.05, 0) is 57.4 Å². The summed E-state index contributed by atoms with van der Waals surface area (Å²) in [5.74, 6) is 0.421. The van der Waals surface area contributed by atoms with E-state index in [1.54, 1.807) is 25.3 Å². The van der Waals surface area contributed by atoms with Gasteiger partial charge in [-0.3, -0.25) is 4.79 Å². The van der Waals surface area contributed by atoms with E-state index >= 15 is 0 Å². The van der Waals surface area contributed by atoms with E-state index in [1.807, 2.05) is 18.2 Å². The smallest absolute Gasteiger partial charge is 0.262 e. The van der Waals surface area contributed by atoms with Crippen molar-refractivity contribution >= 4 is 27.9 Å². The molecule has 2 aromatic rings. The van der Waals surface area contributed by atoms with Gasteiger partial charge < -0.3 is 19.9 Å². The van der Waals surface area contributed by atoms with E-state index in [4.69, 9.17) is 9.47 Å². The van der Waals surface area contributed by atoms with Crippen LogP contribution < -0.4 is 14.8 Å². The van der Waals surface area contributed by atoms with Crippen LogP contribution in [-0.4, -0.2) is 25.2 Å². The highest BCUT2D eigenvalue weighted by atomic mass is 79.9. The fraction of sp³-hybridized carbons (Fsp3) is 0.158. The fourth-order valence-electron chi connectivity index (χ4n) is 2.17. The lowest BCUT2D eigenvalue weighted by Gasteiger charge is -2.08. The van der Waals surface area contributed by atoms with Crippen molar-refractivity contribution in [2.24, 2.45) is 0 Å². The van der Waals surface area contributed by atoms with Crippen molar-refractivity contribution < 1.29 is 19.4 Å². The molecule has 0 aliphatic rings. The van der Waals surface area contributed by atoms with Gasteiger partial charge in [-0.15, -0.1) is 0 Å². The molecule has 0 aliphatic heterocycles. The van der Waals surface area contributed by atoms with Crippen LogP contribution in [-0.2, 0) is 11.3 Å². The van der Waals surface area contributed by atoms with E-state index < -0.39 is 5.91 Å². The lowest BCUT2D eigenvalue weighted by Crippen LogP contribution is -2.23. The third-order valence-electron chi connectivity index (χ3n) is 3.56. The highest BCUT2D eigenvalue weighted by molar-refractivity contribution is 9.10. The number of halogens is 1. The number of carbonyl (C=O) groups is 1. The summed E-state index contributed by atoms with van der Waals surface area (Å²) in [5, 5.41) is 21.8. The predicted octanol–water partition coefficient (Wildman–Crippen LogP) is 3.40. The van der Waals surface area contributed by atoms with Gasteiger partial charge in [-0.25, -0.2) is 0 Å². The second kappa shape index (κ2) is 8.92. The molecule has 2 aromatic carbocycles. The second-order valence-corrected chi connectivity index (χ2v) is 6.11. The van der Waals surface area contributed by atoms with Crippen molar-refractivity contribution in [3.63, 3.8) is 0 Å². The molecule has 0 heterocycles. The van der Waals surface area contributed by atoms with E-state index in [9.17, 15) is 15.2 Å². The summed E-state index contributed by atoms with van der Waals surface area (Å²) in [4.78, 5) is 12.3. The van der Waals surface area contributed by atoms with Crippen LogP contribution >= 0.6 is 15.9 Å². The van der Waals surface area contributed by atoms with E-state index in [1.165, 1.54) is 19.3 Å². The summed E-state index contributed by atoms with van der Waals surface area (Å²) < 4.78 is 10.5. The molecule has 0 saturated carbocycles. The molecule has 134 valence electrons. The van der Waals surface area contributed by atoms with Crippen LogP contribution in [0.25, 0.3) is 6.08 Å². The van der Waals surface area contributed by atoms with Gasteiger partial charge in [0.15, 0.2) is 11.5 Å². The van der Waals surface area contributed by atoms with Crippen molar-refractivity contribution in [1.29, 1.82) is 5.26 Å². The van der Waals surface area contributed by atoms with Crippen molar-refractivity contribution in [3.8, 4) is 23.3 Å². The molecular weight excluding hydrogens is 400 g/mol. The molecule has 0 radical (unpaired) electrons. The van der Waals surface area contributed by atoms with Crippen LogP contribution in [0.4, 0.5) is 0 Å². The first-order valence-corrected chi connectivity index (χ1v) is 8.37. The Morgan fingerprint density at radius 1 is 1.27 bits per heavy atom. The standard InChI is InChI=1S/C19H17BrN2O4/c1-25-15-5-3-12(4-6-15)11-22-19(24)14(10-21)7-13-8-16(20)18(23)17(9-13)26-2/h3-9,23H,11H2,1-2H3,(H,22,24)/b14-7-. The molecule has 6 nitrogen and oxygen atoms in total. The van der Waals surface area contributed by atoms with E-state index in [-0.39, 0.29) is 23.6 Å². The molecule has 1 amide bonds. The number of nitrogens with zero attached hydrogens (tertiary/aromatic N) is 1. The van der Waals surface area contributed by atoms with Gasteiger partial charge in [0.2, 0.25) is 0 Å². The Morgan fingerprint density at radius 2 is 1.96 bits per heavy atom. The summed E-state index contributed by atoms with van der Waals surface area (Å²) in [6.07, 6.45) is 1.43. The fourth-order valence-corrected chi connectivity index (χ4v) is 2.63. The zero-order chi connectivity index (χ0) is 19.1. The van der Waals surface area contributed by atoms with Gasteiger partial charge in [0.05, 0.1) is 18.7 Å². The maximum Gasteiger partial charge on any atom is 0.262 e. The number of aromatic hydroxyl groups is 1. The summed E-state index contributed by atoms with van der Waals surface area (Å²) in [6.45, 7) is 0.282. The number of hydrogen-bond donors (Lipinski definition) is 2. The Hall–Kier alpha value is -2.98. The maximum atomic E-state index is 12.3. The Balaban J connectivity index is 2.14. The summed E-state index contributed by atoms with van der Waals surface area (Å²) in [5.41, 5.74) is 1.37. The molecule has 0 aromatic heterocycles. The van der Waals surface area contributed by atoms with Crippen molar-refractivity contribution in [1.82, 2.24) is 5.32 Å². The highest BCUT2D eigenvalue weighted by Gasteiger charge is 2.12. The minimum atomic E-state index is -0.494. The SMILES string of the molecule is COc1ccc(CNC(=O)/C(C#N)=C\c2cc(Br)c(O)c(OC)c2)cc1. The van der Waals surface area contributed by atoms with Gasteiger partial charge >= 0.3 is 0 Å². The van der Waals surface area contributed by atoms with Crippen LogP contribution in [0, 0.1) is 11.3 Å². The quantitative estimate of drug-likeness (QED) is 0.556. The average molecular weight is 417 g/mol. The molecule has 0 bridgehead atoms. The molecule has 2 N–H and O–H groups in total. The number of amides is 1. The number of rotatable bonds is 6. The van der Waals surface area contributed by atoms with Crippen LogP contribution in [0.3, 0.4) is 0 Å². The van der Waals surface area contributed by atoms with E-state index in [0.29, 0.717) is 10.0 Å². The van der Waals surface area contributed by atoms with Crippen LogP contribution in [0.15, 0.2) is 46.4 Å². The number of nitrogens with one attached hydrogen (secondary N) is 1. The molecule has 0 fully saturated rings. The van der Waals surface area contributed by atoms with Crippen molar-refractivity contribution in [2.45, 2.75) is 6.54 Å². The van der Waals surface area contributed by atoms with Crippen molar-refractivity contribution in [2.75, 3.05) is 14.2 Å². The lowest BCUT2D eigenvalue weighted by molar-refractivity contribution is -0.117. The Bertz CT molecular complexity index is 870. The summed E-state index contributed by atoms with van der Waals surface area (Å²) >= 11 is 3.21. The minimum Gasteiger partial charge on any atom is -0.503 e. The Kier molecular flexibility index (Phi) is 6.64. The predicted molar refractivity (Wildman–Crippen MR) is 101 cm³/mol. The second-order valence-electron chi connectivity index (χ2n) is 5.25. The molecule has 0 atom stereocenters. The van der Waals surface area contributed by atoms with E-state index in [2.05, 4.69) is 21.2 Å². The lowest BCUT2D eigenvalue weighted by atomic mass is 10.1. The first kappa shape index (κ1) is 19.3. The molecule has 0 saturated heterocycles. The monoisotopic (exact) mass is 416 g/mol. The number of nitriles is 1. The number of benzene rings is 2. The van der Waals surface area contributed by atoms with Crippen molar-refractivity contribution in [3.05, 3.63) is 57.6 Å². The maximum absolute atomic E-state index is 12.3. The highest BCUT2D eigenvalue weighted by Crippen LogP contribution is 2.35. The van der Waals surface area contributed by atoms with Gasteiger partial charge in [-0.1, -0.05) is 12.1 Å². The normalized spacial score (nSPS) is 10.8. The molecular formula is C19H17BrN2O4. The first-order chi connectivity index (χ1) is 12.5. The molecule has 0 unspecified atom stereocenters. The van der Waals surface area contributed by atoms with Gasteiger partial charge in [0.25, 0.3) is 5.91 Å². The summed E-state index contributed by atoms with van der Waals surface area (Å²) in [7, 11) is 3.00. The Labute approximate surface area is 159 Å². The first-order valence-electron chi connectivity index (χ1n) is 7.58. The third kappa shape index (κ3) is 4.77. The zero-order valence-corrected chi connectivity index (χ0v) is 15.8. The minimum absolute atomic E-state index is 0.0490. The zero-order valence-electron chi connectivity index (χ0n) is 14.2. The van der Waals surface area contributed by atoms with Crippen LogP contribution in [0.2, 0.25) is 0 Å². The van der Waals surface area contributed by atoms with Gasteiger partial charge in [-0.2, -0.15) is 5.26 Å². The topological polar surface area (TPSA) is 91.6 Å². The van der Waals surface area contributed by atoms with E-state index in [0.717, 1.165) is 11.3 Å². The number of phenols is 1. The van der Waals surface area contributed by atoms with Gasteiger partial charge in [0, 0.05) is 6.54 Å². The van der Waals surface area contributed by atoms with Crippen LogP contribution in [0.5, 0.6) is 17.2 Å². The molecule has 26 heavy (non-hydrogen) atoms. The number of carbonyl (C=O) groups excluding carboxylic acids is 1. The Morgan fingerprint density at radius 3 is 2.54 bits per heavy atom. The molecule has 7 heteroatoms. The largest absolute Gasteiger partial charge is 0.503 e. The molecule has 0 aliphatic carbocycles. The number of phenolic OH excluding ortho intramolecular Hbond substituents is 1. The number of hydrogen-bond acceptors (Lipinski definition) is 5. The number of methoxy groups -OCH3 is 2. The average Bonchev–Trinajstić information content (AvgIpc) is 2.67.